The van der Waals surface area contributed by atoms with E-state index >= 15 is 0 Å². The van der Waals surface area contributed by atoms with Gasteiger partial charge in [0.1, 0.15) is 0 Å². The number of carbonyl (C=O) groups excluding carboxylic acids is 2. The van der Waals surface area contributed by atoms with E-state index < -0.39 is 0 Å². The predicted octanol–water partition coefficient (Wildman–Crippen LogP) is 4.76. The Morgan fingerprint density at radius 3 is 2.25 bits per heavy atom. The van der Waals surface area contributed by atoms with E-state index in [1.807, 2.05) is 17.0 Å². The summed E-state index contributed by atoms with van der Waals surface area (Å²) in [6.07, 6.45) is 9.99. The summed E-state index contributed by atoms with van der Waals surface area (Å²) in [5.41, 5.74) is 0.599. The highest BCUT2D eigenvalue weighted by molar-refractivity contribution is 5.95. The van der Waals surface area contributed by atoms with Crippen LogP contribution in [0.1, 0.15) is 82.0 Å². The highest BCUT2D eigenvalue weighted by atomic mass is 16.5. The number of hydrogen-bond donors (Lipinski definition) is 1. The number of nitrogens with one attached hydrogen (secondary N) is 1. The number of hydrogen-bond acceptors (Lipinski definition) is 6. The van der Waals surface area contributed by atoms with Crippen LogP contribution in [0.3, 0.4) is 0 Å². The van der Waals surface area contributed by atoms with E-state index in [9.17, 15) is 9.59 Å². The first kappa shape index (κ1) is 30.6. The second kappa shape index (κ2) is 15.1. The number of rotatable bonds is 14. The maximum absolute atomic E-state index is 13.8. The van der Waals surface area contributed by atoms with E-state index in [4.69, 9.17) is 14.2 Å². The fraction of sp³-hybridized carbons (Fsp3) is 0.750. The highest BCUT2D eigenvalue weighted by Crippen LogP contribution is 2.34. The molecule has 224 valence electrons. The average molecular weight is 558 g/mol. The Bertz CT molecular complexity index is 958. The molecule has 1 N–H and O–H groups in total. The van der Waals surface area contributed by atoms with Crippen molar-refractivity contribution in [3.63, 3.8) is 0 Å². The van der Waals surface area contributed by atoms with Gasteiger partial charge in [-0.15, -0.1) is 0 Å². The molecule has 0 aromatic heterocycles. The Kier molecular flexibility index (Phi) is 11.5. The minimum absolute atomic E-state index is 0.00127. The number of methoxy groups -OCH3 is 2. The fourth-order valence-corrected chi connectivity index (χ4v) is 6.29. The monoisotopic (exact) mass is 557 g/mol. The van der Waals surface area contributed by atoms with Crippen molar-refractivity contribution in [3.8, 4) is 11.5 Å². The summed E-state index contributed by atoms with van der Waals surface area (Å²) < 4.78 is 16.5. The molecular weight excluding hydrogens is 506 g/mol. The van der Waals surface area contributed by atoms with Crippen LogP contribution in [0.2, 0.25) is 0 Å². The van der Waals surface area contributed by atoms with Crippen LogP contribution >= 0.6 is 0 Å². The van der Waals surface area contributed by atoms with Gasteiger partial charge in [0.15, 0.2) is 11.5 Å². The first-order valence-electron chi connectivity index (χ1n) is 15.5. The molecule has 2 amide bonds. The van der Waals surface area contributed by atoms with Crippen LogP contribution in [0.4, 0.5) is 0 Å². The van der Waals surface area contributed by atoms with Crippen molar-refractivity contribution in [2.45, 2.75) is 83.7 Å². The van der Waals surface area contributed by atoms with Crippen molar-refractivity contribution >= 4 is 11.8 Å². The summed E-state index contributed by atoms with van der Waals surface area (Å²) in [6, 6.07) is 5.90. The lowest BCUT2D eigenvalue weighted by molar-refractivity contribution is -0.137. The van der Waals surface area contributed by atoms with Crippen molar-refractivity contribution in [1.82, 2.24) is 15.1 Å². The first-order chi connectivity index (χ1) is 19.4. The molecule has 2 atom stereocenters. The minimum Gasteiger partial charge on any atom is -0.493 e. The Balaban J connectivity index is 1.43. The fourth-order valence-electron chi connectivity index (χ4n) is 6.29. The molecule has 0 unspecified atom stereocenters. The average Bonchev–Trinajstić information content (AvgIpc) is 3.76. The van der Waals surface area contributed by atoms with Gasteiger partial charge in [-0.1, -0.05) is 25.7 Å². The van der Waals surface area contributed by atoms with Gasteiger partial charge in [0, 0.05) is 69.9 Å². The zero-order valence-corrected chi connectivity index (χ0v) is 25.2. The lowest BCUT2D eigenvalue weighted by atomic mass is 9.92. The second-order valence-corrected chi connectivity index (χ2v) is 12.2. The van der Waals surface area contributed by atoms with Gasteiger partial charge in [-0.2, -0.15) is 0 Å². The third-order valence-electron chi connectivity index (χ3n) is 8.86. The summed E-state index contributed by atoms with van der Waals surface area (Å²) >= 11 is 0. The van der Waals surface area contributed by atoms with Crippen molar-refractivity contribution in [2.75, 3.05) is 53.6 Å². The summed E-state index contributed by atoms with van der Waals surface area (Å²) in [6.45, 7) is 8.49. The lowest BCUT2D eigenvalue weighted by Gasteiger charge is -2.34. The number of nitrogens with zero attached hydrogens (tertiary/aromatic N) is 2. The topological polar surface area (TPSA) is 80.3 Å². The van der Waals surface area contributed by atoms with Crippen LogP contribution < -0.4 is 14.8 Å². The molecular formula is C32H51N3O5. The number of carbonyl (C=O) groups is 2. The highest BCUT2D eigenvalue weighted by Gasteiger charge is 2.40. The van der Waals surface area contributed by atoms with Gasteiger partial charge in [-0.25, -0.2) is 0 Å². The molecule has 8 heteroatoms. The lowest BCUT2D eigenvalue weighted by Crippen LogP contribution is -2.46. The maximum atomic E-state index is 13.8. The molecule has 1 saturated heterocycles. The molecule has 1 aromatic rings. The van der Waals surface area contributed by atoms with E-state index in [2.05, 4.69) is 24.1 Å². The van der Waals surface area contributed by atoms with Crippen molar-refractivity contribution < 1.29 is 23.8 Å². The van der Waals surface area contributed by atoms with E-state index in [1.54, 1.807) is 20.3 Å². The van der Waals surface area contributed by atoms with Gasteiger partial charge in [-0.05, 0) is 69.6 Å². The van der Waals surface area contributed by atoms with Crippen LogP contribution in [-0.2, 0) is 9.53 Å². The predicted molar refractivity (Wildman–Crippen MR) is 157 cm³/mol. The van der Waals surface area contributed by atoms with Gasteiger partial charge >= 0.3 is 0 Å². The van der Waals surface area contributed by atoms with Gasteiger partial charge in [0.25, 0.3) is 5.91 Å². The van der Waals surface area contributed by atoms with E-state index in [1.165, 1.54) is 25.7 Å². The first-order valence-corrected chi connectivity index (χ1v) is 15.5. The largest absolute Gasteiger partial charge is 0.493 e. The molecule has 1 aliphatic heterocycles. The van der Waals surface area contributed by atoms with Crippen molar-refractivity contribution in [2.24, 2.45) is 17.8 Å². The van der Waals surface area contributed by atoms with Crippen LogP contribution in [0.15, 0.2) is 18.2 Å². The Morgan fingerprint density at radius 1 is 0.925 bits per heavy atom. The van der Waals surface area contributed by atoms with Gasteiger partial charge in [0.2, 0.25) is 5.91 Å². The summed E-state index contributed by atoms with van der Waals surface area (Å²) in [7, 11) is 3.28. The Labute approximate surface area is 241 Å². The molecule has 1 heterocycles. The smallest absolute Gasteiger partial charge is 0.254 e. The summed E-state index contributed by atoms with van der Waals surface area (Å²) in [5.74, 6) is 2.43. The number of amides is 2. The SMILES string of the molecule is COCCCOc1cc(C(=O)N(C[C@@H]2CNC[C@H]2CN(C(=O)C2CCCCCC2)C2CC2)C(C)C)ccc1OC. The number of ether oxygens (including phenoxy) is 3. The molecule has 2 saturated carbocycles. The quantitative estimate of drug-likeness (QED) is 0.263. The molecule has 3 fully saturated rings. The maximum Gasteiger partial charge on any atom is 0.254 e. The molecule has 1 aromatic carbocycles. The zero-order chi connectivity index (χ0) is 28.5. The van der Waals surface area contributed by atoms with Crippen LogP contribution in [-0.4, -0.2) is 87.3 Å². The second-order valence-electron chi connectivity index (χ2n) is 12.2. The molecule has 3 aliphatic rings. The Hall–Kier alpha value is -2.32. The van der Waals surface area contributed by atoms with Gasteiger partial charge in [0.05, 0.1) is 13.7 Å². The van der Waals surface area contributed by atoms with Crippen LogP contribution in [0.25, 0.3) is 0 Å². The molecule has 2 aliphatic carbocycles. The van der Waals surface area contributed by atoms with E-state index in [0.29, 0.717) is 60.6 Å². The number of benzene rings is 1. The normalized spacial score (nSPS) is 21.7. The van der Waals surface area contributed by atoms with Crippen LogP contribution in [0, 0.1) is 17.8 Å². The molecule has 40 heavy (non-hydrogen) atoms. The zero-order valence-electron chi connectivity index (χ0n) is 25.2. The summed E-state index contributed by atoms with van der Waals surface area (Å²) in [4.78, 5) is 31.7. The minimum atomic E-state index is -0.00127. The van der Waals surface area contributed by atoms with E-state index in [0.717, 1.165) is 51.7 Å². The molecule has 8 nitrogen and oxygen atoms in total. The van der Waals surface area contributed by atoms with Crippen molar-refractivity contribution in [3.05, 3.63) is 23.8 Å². The Morgan fingerprint density at radius 2 is 1.62 bits per heavy atom. The van der Waals surface area contributed by atoms with Gasteiger partial charge < -0.3 is 29.3 Å². The molecule has 0 bridgehead atoms. The van der Waals surface area contributed by atoms with Crippen LogP contribution in [0.5, 0.6) is 11.5 Å². The van der Waals surface area contributed by atoms with Crippen molar-refractivity contribution in [1.29, 1.82) is 0 Å². The third kappa shape index (κ3) is 8.12. The molecule has 0 radical (unpaired) electrons. The standard InChI is InChI=1S/C32H51N3O5/c1-23(2)34(32(37)25-12-15-29(39-4)30(18-25)40-17-9-16-38-3)21-26-19-33-20-27(26)22-35(28-13-14-28)31(36)24-10-7-5-6-8-11-24/h12,15,18,23-24,26-28,33H,5-11,13-14,16-17,19-22H2,1-4H3/t26-,27-/m0/s1. The molecule has 0 spiro atoms. The van der Waals surface area contributed by atoms with E-state index in [-0.39, 0.29) is 17.9 Å². The van der Waals surface area contributed by atoms with Gasteiger partial charge in [-0.3, -0.25) is 9.59 Å². The molecule has 4 rings (SSSR count). The summed E-state index contributed by atoms with van der Waals surface area (Å²) in [5, 5.41) is 3.57. The third-order valence-corrected chi connectivity index (χ3v) is 8.86.